The first-order valence-corrected chi connectivity index (χ1v) is 5.15. The number of aliphatic hydroxyl groups is 1. The lowest BCUT2D eigenvalue weighted by Crippen LogP contribution is -2.33. The molecule has 0 heterocycles. The Morgan fingerprint density at radius 1 is 1.50 bits per heavy atom. The van der Waals surface area contributed by atoms with Crippen molar-refractivity contribution in [2.24, 2.45) is 0 Å². The minimum Gasteiger partial charge on any atom is -0.391 e. The molecule has 84 valence electrons. The molecule has 4 heteroatoms. The highest BCUT2D eigenvalue weighted by molar-refractivity contribution is 5.76. The lowest BCUT2D eigenvalue weighted by molar-refractivity contribution is -0.121. The first kappa shape index (κ1) is 13.4. The molecule has 0 saturated heterocycles. The van der Waals surface area contributed by atoms with E-state index in [0.29, 0.717) is 13.0 Å². The first-order valence-electron chi connectivity index (χ1n) is 5.15. The molecule has 1 atom stereocenters. The number of rotatable bonds is 7. The van der Waals surface area contributed by atoms with E-state index in [1.165, 1.54) is 0 Å². The van der Waals surface area contributed by atoms with Gasteiger partial charge in [-0.1, -0.05) is 13.3 Å². The molecule has 0 aromatic rings. The third kappa shape index (κ3) is 8.01. The summed E-state index contributed by atoms with van der Waals surface area (Å²) in [4.78, 5) is 13.2. The molecule has 0 aliphatic heterocycles. The zero-order chi connectivity index (χ0) is 11.0. The van der Waals surface area contributed by atoms with Crippen LogP contribution in [0.4, 0.5) is 0 Å². The zero-order valence-electron chi connectivity index (χ0n) is 9.42. The average Bonchev–Trinajstić information content (AvgIpc) is 2.12. The second kappa shape index (κ2) is 7.76. The third-order valence-electron chi connectivity index (χ3n) is 1.94. The van der Waals surface area contributed by atoms with Crippen LogP contribution in [-0.2, 0) is 4.79 Å². The fourth-order valence-electron chi connectivity index (χ4n) is 1.08. The predicted octanol–water partition coefficient (Wildman–Crippen LogP) is 0.215. The minimum atomic E-state index is -0.400. The van der Waals surface area contributed by atoms with Crippen LogP contribution >= 0.6 is 0 Å². The number of carbonyl (C=O) groups is 1. The van der Waals surface area contributed by atoms with Gasteiger partial charge in [-0.3, -0.25) is 4.79 Å². The van der Waals surface area contributed by atoms with E-state index >= 15 is 0 Å². The van der Waals surface area contributed by atoms with Crippen molar-refractivity contribution in [2.45, 2.75) is 32.3 Å². The van der Waals surface area contributed by atoms with E-state index in [-0.39, 0.29) is 5.91 Å². The first-order chi connectivity index (χ1) is 6.56. The highest BCUT2D eigenvalue weighted by atomic mass is 16.3. The van der Waals surface area contributed by atoms with Crippen molar-refractivity contribution >= 4 is 5.91 Å². The summed E-state index contributed by atoms with van der Waals surface area (Å²) in [5.41, 5.74) is 0. The molecule has 0 saturated carbocycles. The van der Waals surface area contributed by atoms with Crippen LogP contribution in [0.25, 0.3) is 0 Å². The van der Waals surface area contributed by atoms with Crippen molar-refractivity contribution < 1.29 is 9.90 Å². The molecule has 1 amide bonds. The molecule has 4 nitrogen and oxygen atoms in total. The minimum absolute atomic E-state index is 0.00820. The Kier molecular flexibility index (Phi) is 7.42. The topological polar surface area (TPSA) is 52.6 Å². The maximum absolute atomic E-state index is 11.2. The van der Waals surface area contributed by atoms with Gasteiger partial charge in [0.25, 0.3) is 0 Å². The van der Waals surface area contributed by atoms with Crippen LogP contribution in [-0.4, -0.2) is 49.2 Å². The molecule has 0 radical (unpaired) electrons. The molecule has 0 spiro atoms. The van der Waals surface area contributed by atoms with Gasteiger partial charge in [0.05, 0.1) is 6.10 Å². The molecule has 0 aromatic carbocycles. The van der Waals surface area contributed by atoms with Gasteiger partial charge in [0, 0.05) is 19.5 Å². The summed E-state index contributed by atoms with van der Waals surface area (Å²) in [7, 11) is 3.86. The Balaban J connectivity index is 3.43. The van der Waals surface area contributed by atoms with Gasteiger partial charge in [-0.2, -0.15) is 0 Å². The van der Waals surface area contributed by atoms with E-state index in [0.717, 1.165) is 19.4 Å². The fourth-order valence-corrected chi connectivity index (χ4v) is 1.08. The lowest BCUT2D eigenvalue weighted by Gasteiger charge is -2.12. The molecule has 0 aromatic heterocycles. The van der Waals surface area contributed by atoms with Gasteiger partial charge >= 0.3 is 0 Å². The van der Waals surface area contributed by atoms with Crippen molar-refractivity contribution in [1.29, 1.82) is 0 Å². The van der Waals surface area contributed by atoms with Crippen molar-refractivity contribution in [2.75, 3.05) is 27.2 Å². The van der Waals surface area contributed by atoms with Gasteiger partial charge in [0.1, 0.15) is 0 Å². The summed E-state index contributed by atoms with van der Waals surface area (Å²) in [5.74, 6) is 0.00820. The molecule has 0 fully saturated rings. The molecular formula is C10H22N2O2. The monoisotopic (exact) mass is 202 g/mol. The Morgan fingerprint density at radius 2 is 2.14 bits per heavy atom. The van der Waals surface area contributed by atoms with Gasteiger partial charge < -0.3 is 15.3 Å². The van der Waals surface area contributed by atoms with Crippen LogP contribution in [0.3, 0.4) is 0 Å². The molecule has 0 aliphatic carbocycles. The Hall–Kier alpha value is -0.610. The third-order valence-corrected chi connectivity index (χ3v) is 1.94. The standard InChI is InChI=1S/C10H22N2O2/c1-4-5-9(13)8-11-10(14)6-7-12(2)3/h9,13H,4-8H2,1-3H3,(H,11,14). The number of hydrogen-bond donors (Lipinski definition) is 2. The van der Waals surface area contributed by atoms with Gasteiger partial charge in [0.2, 0.25) is 5.91 Å². The molecule has 0 bridgehead atoms. The highest BCUT2D eigenvalue weighted by Gasteiger charge is 2.05. The van der Waals surface area contributed by atoms with E-state index in [9.17, 15) is 9.90 Å². The number of carbonyl (C=O) groups excluding carboxylic acids is 1. The van der Waals surface area contributed by atoms with Crippen LogP contribution in [0, 0.1) is 0 Å². The van der Waals surface area contributed by atoms with Crippen molar-refractivity contribution in [3.05, 3.63) is 0 Å². The Bertz CT molecular complexity index is 160. The van der Waals surface area contributed by atoms with Crippen molar-refractivity contribution in [1.82, 2.24) is 10.2 Å². The Labute approximate surface area is 86.3 Å². The van der Waals surface area contributed by atoms with Crippen molar-refractivity contribution in [3.63, 3.8) is 0 Å². The average molecular weight is 202 g/mol. The highest BCUT2D eigenvalue weighted by Crippen LogP contribution is 1.94. The molecule has 0 aliphatic rings. The molecule has 0 rings (SSSR count). The van der Waals surface area contributed by atoms with Crippen LogP contribution in [0.5, 0.6) is 0 Å². The van der Waals surface area contributed by atoms with E-state index in [1.807, 2.05) is 25.9 Å². The normalized spacial score (nSPS) is 12.9. The van der Waals surface area contributed by atoms with Crippen LogP contribution in [0.15, 0.2) is 0 Å². The van der Waals surface area contributed by atoms with E-state index in [1.54, 1.807) is 0 Å². The van der Waals surface area contributed by atoms with Gasteiger partial charge in [0.15, 0.2) is 0 Å². The fraction of sp³-hybridized carbons (Fsp3) is 0.900. The largest absolute Gasteiger partial charge is 0.391 e. The van der Waals surface area contributed by atoms with Crippen LogP contribution in [0.2, 0.25) is 0 Å². The quantitative estimate of drug-likeness (QED) is 0.621. The smallest absolute Gasteiger partial charge is 0.221 e. The van der Waals surface area contributed by atoms with Gasteiger partial charge in [-0.15, -0.1) is 0 Å². The molecule has 1 unspecified atom stereocenters. The maximum atomic E-state index is 11.2. The summed E-state index contributed by atoms with van der Waals surface area (Å²) >= 11 is 0. The van der Waals surface area contributed by atoms with Gasteiger partial charge in [-0.05, 0) is 20.5 Å². The second-order valence-corrected chi connectivity index (χ2v) is 3.80. The second-order valence-electron chi connectivity index (χ2n) is 3.80. The summed E-state index contributed by atoms with van der Waals surface area (Å²) in [6.07, 6.45) is 1.78. The SMILES string of the molecule is CCCC(O)CNC(=O)CCN(C)C. The molecule has 2 N–H and O–H groups in total. The number of aliphatic hydroxyl groups excluding tert-OH is 1. The summed E-state index contributed by atoms with van der Waals surface area (Å²) < 4.78 is 0. The predicted molar refractivity (Wildman–Crippen MR) is 57.1 cm³/mol. The van der Waals surface area contributed by atoms with E-state index in [2.05, 4.69) is 5.32 Å². The van der Waals surface area contributed by atoms with E-state index in [4.69, 9.17) is 0 Å². The zero-order valence-corrected chi connectivity index (χ0v) is 9.42. The number of nitrogens with zero attached hydrogens (tertiary/aromatic N) is 1. The Morgan fingerprint density at radius 3 is 2.64 bits per heavy atom. The summed E-state index contributed by atoms with van der Waals surface area (Å²) in [5, 5.41) is 12.1. The lowest BCUT2D eigenvalue weighted by atomic mass is 10.2. The van der Waals surface area contributed by atoms with Crippen LogP contribution in [0.1, 0.15) is 26.2 Å². The van der Waals surface area contributed by atoms with Crippen LogP contribution < -0.4 is 5.32 Å². The number of amides is 1. The molecular weight excluding hydrogens is 180 g/mol. The number of hydrogen-bond acceptors (Lipinski definition) is 3. The van der Waals surface area contributed by atoms with E-state index < -0.39 is 6.10 Å². The summed E-state index contributed by atoms with van der Waals surface area (Å²) in [6, 6.07) is 0. The number of nitrogens with one attached hydrogen (secondary N) is 1. The summed E-state index contributed by atoms with van der Waals surface area (Å²) in [6.45, 7) is 3.13. The van der Waals surface area contributed by atoms with Crippen molar-refractivity contribution in [3.8, 4) is 0 Å². The van der Waals surface area contributed by atoms with Gasteiger partial charge in [-0.25, -0.2) is 0 Å². The molecule has 14 heavy (non-hydrogen) atoms. The maximum Gasteiger partial charge on any atom is 0.221 e.